The number of aliphatic hydroxyl groups excluding tert-OH is 1. The minimum atomic E-state index is -0.559. The van der Waals surface area contributed by atoms with Gasteiger partial charge in [-0.05, 0) is 33.9 Å². The Labute approximate surface area is 133 Å². The van der Waals surface area contributed by atoms with Gasteiger partial charge in [-0.15, -0.1) is 0 Å². The molecule has 0 aliphatic heterocycles. The van der Waals surface area contributed by atoms with Gasteiger partial charge in [-0.1, -0.05) is 26.0 Å². The van der Waals surface area contributed by atoms with Crippen LogP contribution in [0.2, 0.25) is 0 Å². The van der Waals surface area contributed by atoms with E-state index in [2.05, 4.69) is 5.32 Å². The van der Waals surface area contributed by atoms with Crippen LogP contribution in [0.4, 0.5) is 5.69 Å². The zero-order chi connectivity index (χ0) is 16.1. The van der Waals surface area contributed by atoms with Crippen molar-refractivity contribution in [1.29, 1.82) is 0 Å². The van der Waals surface area contributed by atoms with Crippen molar-refractivity contribution >= 4 is 17.0 Å². The van der Waals surface area contributed by atoms with E-state index in [9.17, 15) is 15.2 Å². The Kier molecular flexibility index (Phi) is 5.65. The minimum Gasteiger partial charge on any atom is -0.387 e. The van der Waals surface area contributed by atoms with E-state index in [1.54, 1.807) is 17.4 Å². The number of nitrogens with one attached hydrogen (secondary N) is 1. The van der Waals surface area contributed by atoms with Gasteiger partial charge in [0, 0.05) is 24.7 Å². The maximum Gasteiger partial charge on any atom is 0.273 e. The third kappa shape index (κ3) is 4.13. The Bertz CT molecular complexity index is 626. The lowest BCUT2D eigenvalue weighted by atomic mass is 9.99. The van der Waals surface area contributed by atoms with E-state index in [0.717, 1.165) is 16.7 Å². The minimum absolute atomic E-state index is 0.114. The van der Waals surface area contributed by atoms with E-state index >= 15 is 0 Å². The quantitative estimate of drug-likeness (QED) is 0.604. The van der Waals surface area contributed by atoms with Crippen molar-refractivity contribution in [3.8, 4) is 0 Å². The number of nitrogens with zero attached hydrogens (tertiary/aromatic N) is 1. The van der Waals surface area contributed by atoms with E-state index in [1.807, 2.05) is 42.8 Å². The largest absolute Gasteiger partial charge is 0.387 e. The third-order valence-electron chi connectivity index (χ3n) is 3.51. The number of thiophene rings is 1. The summed E-state index contributed by atoms with van der Waals surface area (Å²) in [6.45, 7) is 4.78. The Morgan fingerprint density at radius 3 is 2.73 bits per heavy atom. The average molecular weight is 320 g/mol. The summed E-state index contributed by atoms with van der Waals surface area (Å²) >= 11 is 1.54. The van der Waals surface area contributed by atoms with Gasteiger partial charge in [0.05, 0.1) is 11.0 Å². The molecule has 0 amide bonds. The van der Waals surface area contributed by atoms with Crippen molar-refractivity contribution in [3.63, 3.8) is 0 Å². The summed E-state index contributed by atoms with van der Waals surface area (Å²) in [5, 5.41) is 28.1. The molecule has 0 bridgehead atoms. The standard InChI is InChI=1S/C16H20N2O3S/c1-11(2)14-4-3-12(7-15(14)18(20)21)8-17-9-16(19)13-5-6-22-10-13/h3-7,10-11,16-17,19H,8-9H2,1-2H3. The Balaban J connectivity index is 1.98. The van der Waals surface area contributed by atoms with Gasteiger partial charge in [0.15, 0.2) is 0 Å². The summed E-state index contributed by atoms with van der Waals surface area (Å²) in [5.74, 6) is 0.114. The maximum atomic E-state index is 11.2. The van der Waals surface area contributed by atoms with E-state index in [-0.39, 0.29) is 16.5 Å². The highest BCUT2D eigenvalue weighted by molar-refractivity contribution is 7.07. The first-order chi connectivity index (χ1) is 10.5. The molecule has 2 rings (SSSR count). The second-order valence-corrected chi connectivity index (χ2v) is 6.29. The molecule has 0 aliphatic carbocycles. The summed E-state index contributed by atoms with van der Waals surface area (Å²) < 4.78 is 0. The smallest absolute Gasteiger partial charge is 0.273 e. The molecular formula is C16H20N2O3S. The van der Waals surface area contributed by atoms with E-state index in [1.165, 1.54) is 0 Å². The fraction of sp³-hybridized carbons (Fsp3) is 0.375. The number of nitro groups is 1. The average Bonchev–Trinajstić information content (AvgIpc) is 3.01. The van der Waals surface area contributed by atoms with Crippen molar-refractivity contribution in [1.82, 2.24) is 5.32 Å². The van der Waals surface area contributed by atoms with Crippen LogP contribution >= 0.6 is 11.3 Å². The Morgan fingerprint density at radius 1 is 1.36 bits per heavy atom. The monoisotopic (exact) mass is 320 g/mol. The lowest BCUT2D eigenvalue weighted by molar-refractivity contribution is -0.385. The zero-order valence-corrected chi connectivity index (χ0v) is 13.5. The number of hydrogen-bond acceptors (Lipinski definition) is 5. The Hall–Kier alpha value is -1.76. The van der Waals surface area contributed by atoms with Crippen molar-refractivity contribution < 1.29 is 10.0 Å². The third-order valence-corrected chi connectivity index (χ3v) is 4.21. The second kappa shape index (κ2) is 7.49. The first kappa shape index (κ1) is 16.6. The normalized spacial score (nSPS) is 12.5. The molecule has 2 N–H and O–H groups in total. The SMILES string of the molecule is CC(C)c1ccc(CNCC(O)c2ccsc2)cc1[N+](=O)[O-]. The molecule has 5 nitrogen and oxygen atoms in total. The molecule has 0 spiro atoms. The first-order valence-corrected chi connectivity index (χ1v) is 8.11. The van der Waals surface area contributed by atoms with Gasteiger partial charge in [-0.25, -0.2) is 0 Å². The summed E-state index contributed by atoms with van der Waals surface area (Å²) in [6, 6.07) is 7.21. The van der Waals surface area contributed by atoms with E-state index in [0.29, 0.717) is 13.1 Å². The van der Waals surface area contributed by atoms with Gasteiger partial charge in [0.1, 0.15) is 0 Å². The summed E-state index contributed by atoms with van der Waals surface area (Å²) in [6.07, 6.45) is -0.559. The number of nitro benzene ring substituents is 1. The van der Waals surface area contributed by atoms with Crippen LogP contribution in [0.1, 0.15) is 42.6 Å². The Morgan fingerprint density at radius 2 is 2.14 bits per heavy atom. The van der Waals surface area contributed by atoms with Gasteiger partial charge < -0.3 is 10.4 Å². The topological polar surface area (TPSA) is 75.4 Å². The highest BCUT2D eigenvalue weighted by atomic mass is 32.1. The van der Waals surface area contributed by atoms with Gasteiger partial charge in [0.2, 0.25) is 0 Å². The molecule has 2 aromatic rings. The predicted molar refractivity (Wildman–Crippen MR) is 88.2 cm³/mol. The number of rotatable bonds is 7. The van der Waals surface area contributed by atoms with Crippen LogP contribution in [0.15, 0.2) is 35.0 Å². The molecule has 0 saturated carbocycles. The van der Waals surface area contributed by atoms with Crippen LogP contribution in [0, 0.1) is 10.1 Å². The van der Waals surface area contributed by atoms with Crippen LogP contribution in [0.3, 0.4) is 0 Å². The molecule has 1 atom stereocenters. The van der Waals surface area contributed by atoms with Crippen molar-refractivity contribution in [2.45, 2.75) is 32.4 Å². The predicted octanol–water partition coefficient (Wildman–Crippen LogP) is 3.60. The molecule has 0 fully saturated rings. The van der Waals surface area contributed by atoms with Crippen LogP contribution in [0.5, 0.6) is 0 Å². The van der Waals surface area contributed by atoms with E-state index < -0.39 is 6.10 Å². The van der Waals surface area contributed by atoms with Gasteiger partial charge >= 0.3 is 0 Å². The van der Waals surface area contributed by atoms with Crippen LogP contribution in [-0.2, 0) is 6.54 Å². The van der Waals surface area contributed by atoms with Gasteiger partial charge in [-0.3, -0.25) is 10.1 Å². The molecule has 0 radical (unpaired) electrons. The number of benzene rings is 1. The van der Waals surface area contributed by atoms with Crippen LogP contribution in [0.25, 0.3) is 0 Å². The van der Waals surface area contributed by atoms with Gasteiger partial charge in [-0.2, -0.15) is 11.3 Å². The molecule has 6 heteroatoms. The molecule has 1 aromatic carbocycles. The van der Waals surface area contributed by atoms with Gasteiger partial charge in [0.25, 0.3) is 5.69 Å². The molecular weight excluding hydrogens is 300 g/mol. The fourth-order valence-electron chi connectivity index (χ4n) is 2.28. The lowest BCUT2D eigenvalue weighted by Crippen LogP contribution is -2.20. The summed E-state index contributed by atoms with van der Waals surface area (Å²) in [7, 11) is 0. The first-order valence-electron chi connectivity index (χ1n) is 7.17. The summed E-state index contributed by atoms with van der Waals surface area (Å²) in [5.41, 5.74) is 2.63. The maximum absolute atomic E-state index is 11.2. The van der Waals surface area contributed by atoms with Crippen LogP contribution in [-0.4, -0.2) is 16.6 Å². The molecule has 1 unspecified atom stereocenters. The highest BCUT2D eigenvalue weighted by Gasteiger charge is 2.17. The molecule has 1 heterocycles. The second-order valence-electron chi connectivity index (χ2n) is 5.51. The number of hydrogen-bond donors (Lipinski definition) is 2. The van der Waals surface area contributed by atoms with Crippen molar-refractivity contribution in [2.75, 3.05) is 6.54 Å². The van der Waals surface area contributed by atoms with Crippen molar-refractivity contribution in [3.05, 3.63) is 61.8 Å². The zero-order valence-electron chi connectivity index (χ0n) is 12.7. The fourth-order valence-corrected chi connectivity index (χ4v) is 2.99. The molecule has 22 heavy (non-hydrogen) atoms. The number of aliphatic hydroxyl groups is 1. The van der Waals surface area contributed by atoms with Crippen LogP contribution < -0.4 is 5.32 Å². The lowest BCUT2D eigenvalue weighted by Gasteiger charge is -2.12. The molecule has 1 aromatic heterocycles. The molecule has 0 saturated heterocycles. The highest BCUT2D eigenvalue weighted by Crippen LogP contribution is 2.27. The van der Waals surface area contributed by atoms with E-state index in [4.69, 9.17) is 0 Å². The summed E-state index contributed by atoms with van der Waals surface area (Å²) in [4.78, 5) is 10.8. The molecule has 0 aliphatic rings. The van der Waals surface area contributed by atoms with Crippen molar-refractivity contribution in [2.24, 2.45) is 0 Å². The molecule has 118 valence electrons.